The average Bonchev–Trinajstić information content (AvgIpc) is 2.77. The van der Waals surface area contributed by atoms with Crippen LogP contribution in [0.1, 0.15) is 31.4 Å². The Balaban J connectivity index is 1.35. The van der Waals surface area contributed by atoms with Crippen molar-refractivity contribution in [2.45, 2.75) is 25.9 Å². The Hall–Kier alpha value is -2.41. The van der Waals surface area contributed by atoms with Gasteiger partial charge in [0.05, 0.1) is 19.3 Å². The fraction of sp³-hybridized carbons (Fsp3) is 0.480. The maximum absolute atomic E-state index is 12.4. The SMILES string of the molecule is CCOc1ccc(NC(=O)CN(C)CC2CCN(CC(O)c3ccccc3)CC2)cc1. The van der Waals surface area contributed by atoms with Crippen LogP contribution in [0, 0.1) is 5.92 Å². The molecule has 0 aromatic heterocycles. The van der Waals surface area contributed by atoms with Crippen molar-refractivity contribution in [3.8, 4) is 5.75 Å². The van der Waals surface area contributed by atoms with E-state index in [1.165, 1.54) is 0 Å². The Morgan fingerprint density at radius 1 is 1.16 bits per heavy atom. The number of carbonyl (C=O) groups excluding carboxylic acids is 1. The minimum Gasteiger partial charge on any atom is -0.494 e. The molecule has 168 valence electrons. The molecule has 1 saturated heterocycles. The van der Waals surface area contributed by atoms with E-state index >= 15 is 0 Å². The van der Waals surface area contributed by atoms with Crippen molar-refractivity contribution in [3.63, 3.8) is 0 Å². The van der Waals surface area contributed by atoms with Gasteiger partial charge in [-0.05, 0) is 75.6 Å². The minimum absolute atomic E-state index is 0.00456. The normalized spacial score (nSPS) is 16.3. The molecule has 0 radical (unpaired) electrons. The molecule has 31 heavy (non-hydrogen) atoms. The van der Waals surface area contributed by atoms with Crippen LogP contribution in [0.25, 0.3) is 0 Å². The number of hydrogen-bond acceptors (Lipinski definition) is 5. The van der Waals surface area contributed by atoms with Crippen molar-refractivity contribution >= 4 is 11.6 Å². The Kier molecular flexibility index (Phi) is 8.88. The molecule has 0 spiro atoms. The predicted molar refractivity (Wildman–Crippen MR) is 124 cm³/mol. The Bertz CT molecular complexity index is 789. The number of benzene rings is 2. The quantitative estimate of drug-likeness (QED) is 0.611. The third-order valence-corrected chi connectivity index (χ3v) is 5.76. The summed E-state index contributed by atoms with van der Waals surface area (Å²) in [6.45, 7) is 6.51. The lowest BCUT2D eigenvalue weighted by Crippen LogP contribution is -2.41. The molecule has 1 unspecified atom stereocenters. The number of likely N-dealkylation sites (N-methyl/N-ethyl adjacent to an activating group) is 1. The fourth-order valence-corrected chi connectivity index (χ4v) is 4.13. The third kappa shape index (κ3) is 7.65. The van der Waals surface area contributed by atoms with Gasteiger partial charge < -0.3 is 20.1 Å². The van der Waals surface area contributed by atoms with E-state index in [9.17, 15) is 9.90 Å². The number of ether oxygens (including phenoxy) is 1. The van der Waals surface area contributed by atoms with Gasteiger partial charge in [-0.15, -0.1) is 0 Å². The van der Waals surface area contributed by atoms with Crippen molar-refractivity contribution < 1.29 is 14.6 Å². The molecule has 6 heteroatoms. The van der Waals surface area contributed by atoms with E-state index in [-0.39, 0.29) is 5.91 Å². The largest absolute Gasteiger partial charge is 0.494 e. The summed E-state index contributed by atoms with van der Waals surface area (Å²) in [6, 6.07) is 17.3. The molecule has 1 aliphatic heterocycles. The molecule has 1 aliphatic rings. The van der Waals surface area contributed by atoms with Crippen LogP contribution in [-0.2, 0) is 4.79 Å². The first-order valence-corrected chi connectivity index (χ1v) is 11.2. The van der Waals surface area contributed by atoms with Gasteiger partial charge in [0.25, 0.3) is 0 Å². The van der Waals surface area contributed by atoms with Crippen LogP contribution in [0.4, 0.5) is 5.69 Å². The van der Waals surface area contributed by atoms with Crippen LogP contribution >= 0.6 is 0 Å². The zero-order chi connectivity index (χ0) is 22.1. The van der Waals surface area contributed by atoms with Crippen LogP contribution in [0.15, 0.2) is 54.6 Å². The topological polar surface area (TPSA) is 65.0 Å². The van der Waals surface area contributed by atoms with E-state index < -0.39 is 6.10 Å². The molecule has 2 N–H and O–H groups in total. The number of carbonyl (C=O) groups is 1. The van der Waals surface area contributed by atoms with Crippen molar-refractivity contribution in [2.24, 2.45) is 5.92 Å². The summed E-state index contributed by atoms with van der Waals surface area (Å²) in [7, 11) is 2.00. The minimum atomic E-state index is -0.438. The highest BCUT2D eigenvalue weighted by molar-refractivity contribution is 5.92. The number of aliphatic hydroxyl groups is 1. The monoisotopic (exact) mass is 425 g/mol. The van der Waals surface area contributed by atoms with Crippen molar-refractivity contribution in [1.82, 2.24) is 9.80 Å². The number of β-amino-alcohol motifs (C(OH)–C–C–N with tert-alkyl or cyclic N) is 1. The first kappa shape index (κ1) is 23.3. The molecule has 1 amide bonds. The lowest BCUT2D eigenvalue weighted by Gasteiger charge is -2.34. The van der Waals surface area contributed by atoms with Crippen LogP contribution in [0.5, 0.6) is 5.75 Å². The van der Waals surface area contributed by atoms with Gasteiger partial charge in [0.15, 0.2) is 0 Å². The van der Waals surface area contributed by atoms with Gasteiger partial charge in [-0.1, -0.05) is 30.3 Å². The number of anilines is 1. The number of piperidine rings is 1. The molecule has 0 bridgehead atoms. The van der Waals surface area contributed by atoms with E-state index in [0.29, 0.717) is 25.6 Å². The molecule has 2 aromatic carbocycles. The van der Waals surface area contributed by atoms with Gasteiger partial charge in [-0.25, -0.2) is 0 Å². The first-order valence-electron chi connectivity index (χ1n) is 11.2. The van der Waals surface area contributed by atoms with Gasteiger partial charge in [-0.2, -0.15) is 0 Å². The fourth-order valence-electron chi connectivity index (χ4n) is 4.13. The smallest absolute Gasteiger partial charge is 0.238 e. The summed E-state index contributed by atoms with van der Waals surface area (Å²) >= 11 is 0. The lowest BCUT2D eigenvalue weighted by atomic mass is 9.95. The maximum Gasteiger partial charge on any atom is 0.238 e. The van der Waals surface area contributed by atoms with Crippen molar-refractivity contribution in [2.75, 3.05) is 51.7 Å². The molecule has 1 heterocycles. The highest BCUT2D eigenvalue weighted by Gasteiger charge is 2.23. The van der Waals surface area contributed by atoms with Gasteiger partial charge in [0.2, 0.25) is 5.91 Å². The first-order chi connectivity index (χ1) is 15.0. The molecular formula is C25H35N3O3. The summed E-state index contributed by atoms with van der Waals surface area (Å²) < 4.78 is 5.43. The molecule has 2 aromatic rings. The highest BCUT2D eigenvalue weighted by Crippen LogP contribution is 2.21. The predicted octanol–water partition coefficient (Wildman–Crippen LogP) is 3.40. The molecule has 1 fully saturated rings. The molecule has 0 aliphatic carbocycles. The van der Waals surface area contributed by atoms with E-state index in [1.54, 1.807) is 0 Å². The molecule has 1 atom stereocenters. The number of hydrogen-bond donors (Lipinski definition) is 2. The summed E-state index contributed by atoms with van der Waals surface area (Å²) in [5.74, 6) is 1.38. The molecule has 0 saturated carbocycles. The van der Waals surface area contributed by atoms with Crippen molar-refractivity contribution in [1.29, 1.82) is 0 Å². The van der Waals surface area contributed by atoms with E-state index in [4.69, 9.17) is 4.74 Å². The highest BCUT2D eigenvalue weighted by atomic mass is 16.5. The second kappa shape index (κ2) is 11.8. The molecule has 6 nitrogen and oxygen atoms in total. The number of rotatable bonds is 10. The maximum atomic E-state index is 12.4. The number of nitrogens with one attached hydrogen (secondary N) is 1. The average molecular weight is 426 g/mol. The van der Waals surface area contributed by atoms with E-state index in [1.807, 2.05) is 68.6 Å². The summed E-state index contributed by atoms with van der Waals surface area (Å²) in [6.07, 6.45) is 1.74. The number of nitrogens with zero attached hydrogens (tertiary/aromatic N) is 2. The Morgan fingerprint density at radius 3 is 2.48 bits per heavy atom. The van der Waals surface area contributed by atoms with Crippen LogP contribution in [0.3, 0.4) is 0 Å². The van der Waals surface area contributed by atoms with E-state index in [0.717, 1.165) is 49.5 Å². The molecular weight excluding hydrogens is 390 g/mol. The van der Waals surface area contributed by atoms with Gasteiger partial charge in [-0.3, -0.25) is 9.69 Å². The van der Waals surface area contributed by atoms with Crippen LogP contribution in [-0.4, -0.2) is 67.2 Å². The Morgan fingerprint density at radius 2 is 1.84 bits per heavy atom. The van der Waals surface area contributed by atoms with Crippen molar-refractivity contribution in [3.05, 3.63) is 60.2 Å². The standard InChI is InChI=1S/C25H35N3O3/c1-3-31-23-11-9-22(10-12-23)26-25(30)19-27(2)17-20-13-15-28(16-14-20)18-24(29)21-7-5-4-6-8-21/h4-12,20,24,29H,3,13-19H2,1-2H3,(H,26,30). The number of amides is 1. The van der Waals surface area contributed by atoms with Crippen LogP contribution < -0.4 is 10.1 Å². The van der Waals surface area contributed by atoms with Gasteiger partial charge >= 0.3 is 0 Å². The third-order valence-electron chi connectivity index (χ3n) is 5.76. The van der Waals surface area contributed by atoms with Gasteiger partial charge in [0, 0.05) is 18.8 Å². The van der Waals surface area contributed by atoms with E-state index in [2.05, 4.69) is 15.1 Å². The lowest BCUT2D eigenvalue weighted by molar-refractivity contribution is -0.117. The summed E-state index contributed by atoms with van der Waals surface area (Å²) in [4.78, 5) is 16.8. The number of likely N-dealkylation sites (tertiary alicyclic amines) is 1. The van der Waals surface area contributed by atoms with Crippen LogP contribution in [0.2, 0.25) is 0 Å². The Labute approximate surface area is 185 Å². The van der Waals surface area contributed by atoms with Gasteiger partial charge in [0.1, 0.15) is 5.75 Å². The summed E-state index contributed by atoms with van der Waals surface area (Å²) in [5.41, 5.74) is 1.76. The second-order valence-electron chi connectivity index (χ2n) is 8.37. The molecule has 3 rings (SSSR count). The number of aliphatic hydroxyl groups excluding tert-OH is 1. The summed E-state index contributed by atoms with van der Waals surface area (Å²) in [5, 5.41) is 13.4. The zero-order valence-electron chi connectivity index (χ0n) is 18.7. The second-order valence-corrected chi connectivity index (χ2v) is 8.37. The zero-order valence-corrected chi connectivity index (χ0v) is 18.7.